The van der Waals surface area contributed by atoms with Crippen LogP contribution in [0.2, 0.25) is 0 Å². The van der Waals surface area contributed by atoms with E-state index < -0.39 is 6.10 Å². The van der Waals surface area contributed by atoms with Crippen LogP contribution in [0.4, 0.5) is 0 Å². The summed E-state index contributed by atoms with van der Waals surface area (Å²) in [5.74, 6) is -0.976. The van der Waals surface area contributed by atoms with Gasteiger partial charge in [0.05, 0.1) is 0 Å². The van der Waals surface area contributed by atoms with E-state index in [1.165, 1.54) is 51.4 Å². The van der Waals surface area contributed by atoms with E-state index in [2.05, 4.69) is 179 Å². The first-order valence-corrected chi connectivity index (χ1v) is 31.0. The van der Waals surface area contributed by atoms with Gasteiger partial charge in [-0.25, -0.2) is 0 Å². The normalized spacial score (nSPS) is 13.2. The molecule has 0 aromatic carbocycles. The molecule has 0 aliphatic heterocycles. The first-order chi connectivity index (χ1) is 38.0. The van der Waals surface area contributed by atoms with Crippen molar-refractivity contribution in [2.24, 2.45) is 0 Å². The van der Waals surface area contributed by atoms with E-state index in [1.54, 1.807) is 0 Å². The number of carbonyl (C=O) groups is 3. The topological polar surface area (TPSA) is 78.9 Å². The fourth-order valence-electron chi connectivity index (χ4n) is 7.91. The van der Waals surface area contributed by atoms with E-state index in [-0.39, 0.29) is 31.1 Å². The second kappa shape index (κ2) is 63.6. The number of allylic oxidation sites excluding steroid dienone is 26. The third-order valence-corrected chi connectivity index (χ3v) is 12.5. The smallest absolute Gasteiger partial charge is 0.306 e. The molecule has 0 bridgehead atoms. The fourth-order valence-corrected chi connectivity index (χ4v) is 7.91. The number of carbonyl (C=O) groups excluding carboxylic acids is 3. The van der Waals surface area contributed by atoms with Crippen LogP contribution in [0.25, 0.3) is 0 Å². The van der Waals surface area contributed by atoms with Crippen molar-refractivity contribution in [3.8, 4) is 0 Å². The van der Waals surface area contributed by atoms with E-state index >= 15 is 0 Å². The molecule has 0 N–H and O–H groups in total. The summed E-state index contributed by atoms with van der Waals surface area (Å²) in [6.45, 7) is 6.32. The van der Waals surface area contributed by atoms with Crippen molar-refractivity contribution >= 4 is 17.9 Å². The van der Waals surface area contributed by atoms with Gasteiger partial charge in [0.15, 0.2) is 6.10 Å². The summed E-state index contributed by atoms with van der Waals surface area (Å²) >= 11 is 0. The van der Waals surface area contributed by atoms with E-state index in [9.17, 15) is 14.4 Å². The lowest BCUT2D eigenvalue weighted by molar-refractivity contribution is -0.167. The quantitative estimate of drug-likeness (QED) is 0.0261. The van der Waals surface area contributed by atoms with Crippen molar-refractivity contribution in [3.63, 3.8) is 0 Å². The van der Waals surface area contributed by atoms with Crippen molar-refractivity contribution in [1.82, 2.24) is 0 Å². The number of hydrogen-bond acceptors (Lipinski definition) is 6. The molecule has 0 saturated carbocycles. The van der Waals surface area contributed by atoms with Gasteiger partial charge in [-0.3, -0.25) is 14.4 Å². The van der Waals surface area contributed by atoms with Crippen LogP contribution in [-0.4, -0.2) is 37.2 Å². The summed E-state index contributed by atoms with van der Waals surface area (Å²) in [5.41, 5.74) is 0. The van der Waals surface area contributed by atoms with Crippen molar-refractivity contribution < 1.29 is 28.6 Å². The zero-order valence-electron chi connectivity index (χ0n) is 49.4. The fraction of sp³-hybridized carbons (Fsp3) is 0.592. The van der Waals surface area contributed by atoms with Crippen LogP contribution in [0.1, 0.15) is 252 Å². The minimum Gasteiger partial charge on any atom is -0.462 e. The lowest BCUT2D eigenvalue weighted by atomic mass is 10.1. The van der Waals surface area contributed by atoms with Crippen LogP contribution in [0, 0.1) is 0 Å². The molecule has 1 unspecified atom stereocenters. The number of hydrogen-bond donors (Lipinski definition) is 0. The Morgan fingerprint density at radius 1 is 0.273 bits per heavy atom. The van der Waals surface area contributed by atoms with Crippen LogP contribution in [0.3, 0.4) is 0 Å². The molecule has 0 amide bonds. The maximum Gasteiger partial charge on any atom is 0.306 e. The molecular weight excluding hydrogens is 949 g/mol. The highest BCUT2D eigenvalue weighted by atomic mass is 16.6. The number of ether oxygens (including phenoxy) is 3. The van der Waals surface area contributed by atoms with E-state index in [0.29, 0.717) is 19.3 Å². The molecule has 6 nitrogen and oxygen atoms in total. The monoisotopic (exact) mass is 1060 g/mol. The average Bonchev–Trinajstić information content (AvgIpc) is 3.43. The van der Waals surface area contributed by atoms with E-state index in [4.69, 9.17) is 14.2 Å². The Morgan fingerprint density at radius 2 is 0.506 bits per heavy atom. The number of esters is 3. The van der Waals surface area contributed by atoms with Crippen LogP contribution < -0.4 is 0 Å². The van der Waals surface area contributed by atoms with Crippen molar-refractivity contribution in [3.05, 3.63) is 158 Å². The Labute approximate surface area is 473 Å². The highest BCUT2D eigenvalue weighted by Gasteiger charge is 2.19. The molecule has 0 aromatic heterocycles. The first kappa shape index (κ1) is 72.0. The van der Waals surface area contributed by atoms with Gasteiger partial charge >= 0.3 is 17.9 Å². The Hall–Kier alpha value is -4.97. The van der Waals surface area contributed by atoms with Gasteiger partial charge in [0, 0.05) is 19.3 Å². The average molecular weight is 1060 g/mol. The Morgan fingerprint density at radius 3 is 0.805 bits per heavy atom. The van der Waals surface area contributed by atoms with Gasteiger partial charge in [0.25, 0.3) is 0 Å². The maximum absolute atomic E-state index is 12.9. The minimum absolute atomic E-state index is 0.111. The van der Waals surface area contributed by atoms with Crippen LogP contribution in [0.5, 0.6) is 0 Å². The summed E-state index contributed by atoms with van der Waals surface area (Å²) in [6.07, 6.45) is 92.4. The van der Waals surface area contributed by atoms with Crippen LogP contribution in [-0.2, 0) is 28.6 Å². The van der Waals surface area contributed by atoms with Gasteiger partial charge < -0.3 is 14.2 Å². The summed E-state index contributed by atoms with van der Waals surface area (Å²) in [4.78, 5) is 38.2. The molecule has 0 saturated heterocycles. The Kier molecular flexibility index (Phi) is 59.5. The standard InChI is InChI=1S/C71H112O6/c1-4-7-10-13-16-19-22-25-27-29-30-31-32-33-34-35-36-37-38-39-40-42-43-46-49-52-55-58-61-64-70(73)76-67-68(66-75-69(72)63-60-57-54-51-48-45-24-21-18-15-12-9-6-3)77-71(74)65-62-59-56-53-50-47-44-41-28-26-23-20-17-14-11-8-5-2/h7,9-10,12,16-21,25-28,30-31,33-34,36-37,39-40,43,45-46,48,68H,4-6,8,11,13-15,22-24,29,32,35,38,41-42,44,47,49-67H2,1-3H3/b10-7-,12-9-,19-16-,20-17-,21-18-,27-25-,28-26-,31-30-,34-33-,37-36-,40-39-,46-43-,48-45-. The van der Waals surface area contributed by atoms with E-state index in [0.717, 1.165) is 161 Å². The molecule has 6 heteroatoms. The van der Waals surface area contributed by atoms with Gasteiger partial charge in [-0.1, -0.05) is 243 Å². The molecule has 0 aromatic rings. The summed E-state index contributed by atoms with van der Waals surface area (Å²) in [6, 6.07) is 0. The molecular formula is C71H112O6. The third-order valence-electron chi connectivity index (χ3n) is 12.5. The lowest BCUT2D eigenvalue weighted by Gasteiger charge is -2.18. The van der Waals surface area contributed by atoms with Gasteiger partial charge in [0.2, 0.25) is 0 Å². The largest absolute Gasteiger partial charge is 0.462 e. The molecule has 0 fully saturated rings. The highest BCUT2D eigenvalue weighted by molar-refractivity contribution is 5.71. The zero-order chi connectivity index (χ0) is 55.7. The molecule has 0 radical (unpaired) electrons. The zero-order valence-corrected chi connectivity index (χ0v) is 49.4. The van der Waals surface area contributed by atoms with Crippen molar-refractivity contribution in [1.29, 1.82) is 0 Å². The van der Waals surface area contributed by atoms with Gasteiger partial charge in [-0.15, -0.1) is 0 Å². The molecule has 432 valence electrons. The maximum atomic E-state index is 12.9. The van der Waals surface area contributed by atoms with Crippen molar-refractivity contribution in [2.75, 3.05) is 13.2 Å². The number of unbranched alkanes of at least 4 members (excludes halogenated alkanes) is 17. The van der Waals surface area contributed by atoms with Gasteiger partial charge in [0.1, 0.15) is 13.2 Å². The molecule has 0 heterocycles. The highest BCUT2D eigenvalue weighted by Crippen LogP contribution is 2.13. The second-order valence-electron chi connectivity index (χ2n) is 19.8. The Bertz CT molecular complexity index is 1740. The van der Waals surface area contributed by atoms with E-state index in [1.807, 2.05) is 0 Å². The number of rotatable bonds is 54. The molecule has 77 heavy (non-hydrogen) atoms. The molecule has 1 atom stereocenters. The summed E-state index contributed by atoms with van der Waals surface area (Å²) < 4.78 is 16.8. The molecule has 0 spiro atoms. The molecule has 0 aliphatic rings. The second-order valence-corrected chi connectivity index (χ2v) is 19.8. The Balaban J connectivity index is 4.43. The predicted molar refractivity (Wildman–Crippen MR) is 334 cm³/mol. The first-order valence-electron chi connectivity index (χ1n) is 31.0. The third kappa shape index (κ3) is 61.8. The summed E-state index contributed by atoms with van der Waals surface area (Å²) in [5, 5.41) is 0. The van der Waals surface area contributed by atoms with Gasteiger partial charge in [-0.05, 0) is 148 Å². The predicted octanol–water partition coefficient (Wildman–Crippen LogP) is 21.3. The minimum atomic E-state index is -0.813. The molecule has 0 rings (SSSR count). The van der Waals surface area contributed by atoms with Gasteiger partial charge in [-0.2, -0.15) is 0 Å². The lowest BCUT2D eigenvalue weighted by Crippen LogP contribution is -2.30. The SMILES string of the molecule is CC/C=C\C/C=C\C/C=C\C/C=C\C/C=C\C/C=C\C/C=C\C/C=C\CCCCCCC(=O)OCC(COC(=O)CCCCC/C=C\C/C=C\C/C=C\CC)OC(=O)CCCCCCCCC/C=C\C/C=C\CCCCC. The van der Waals surface area contributed by atoms with Crippen molar-refractivity contribution in [2.45, 2.75) is 258 Å². The van der Waals surface area contributed by atoms with Crippen LogP contribution >= 0.6 is 0 Å². The summed E-state index contributed by atoms with van der Waals surface area (Å²) in [7, 11) is 0. The molecule has 0 aliphatic carbocycles. The van der Waals surface area contributed by atoms with Crippen LogP contribution in [0.15, 0.2) is 158 Å².